The zero-order valence-electron chi connectivity index (χ0n) is 11.1. The quantitative estimate of drug-likeness (QED) is 0.909. The molecule has 1 fully saturated rings. The van der Waals surface area contributed by atoms with Gasteiger partial charge < -0.3 is 5.32 Å². The third-order valence-electron chi connectivity index (χ3n) is 3.79. The van der Waals surface area contributed by atoms with Gasteiger partial charge in [0.05, 0.1) is 5.56 Å². The Hall–Kier alpha value is -0.920. The molecule has 0 bridgehead atoms. The fourth-order valence-electron chi connectivity index (χ4n) is 2.55. The molecule has 1 aromatic rings. The maximum Gasteiger partial charge on any atom is 0.146 e. The first-order valence-electron chi connectivity index (χ1n) is 6.54. The molecule has 0 spiro atoms. The lowest BCUT2D eigenvalue weighted by Gasteiger charge is -2.36. The fourth-order valence-corrected chi connectivity index (χ4v) is 3.68. The Bertz CT molecular complexity index is 478. The molecule has 2 rings (SSSR count). The molecule has 0 radical (unpaired) electrons. The Morgan fingerprint density at radius 1 is 1.47 bits per heavy atom. The molecule has 1 saturated carbocycles. The lowest BCUT2D eigenvalue weighted by Crippen LogP contribution is -2.35. The highest BCUT2D eigenvalue weighted by molar-refractivity contribution is 8.00. The molecule has 0 aliphatic heterocycles. The second-order valence-corrected chi connectivity index (χ2v) is 6.59. The lowest BCUT2D eigenvalue weighted by molar-refractivity contribution is 0.411. The van der Waals surface area contributed by atoms with Crippen molar-refractivity contribution in [3.8, 4) is 6.07 Å². The Kier molecular flexibility index (Phi) is 4.95. The fraction of sp³-hybridized carbons (Fsp3) is 0.571. The van der Waals surface area contributed by atoms with E-state index in [9.17, 15) is 0 Å². The van der Waals surface area contributed by atoms with E-state index in [2.05, 4.69) is 22.6 Å². The number of nitrogens with one attached hydrogen (secondary N) is 1. The summed E-state index contributed by atoms with van der Waals surface area (Å²) in [7, 11) is 0. The van der Waals surface area contributed by atoms with Crippen LogP contribution in [-0.2, 0) is 0 Å². The minimum Gasteiger partial charge on any atom is -0.367 e. The van der Waals surface area contributed by atoms with Gasteiger partial charge in [0.2, 0.25) is 0 Å². The van der Waals surface area contributed by atoms with Crippen LogP contribution in [0.1, 0.15) is 37.7 Å². The predicted molar refractivity (Wildman–Crippen MR) is 81.8 cm³/mol. The molecule has 0 unspecified atom stereocenters. The molecule has 3 nitrogen and oxygen atoms in total. The Morgan fingerprint density at radius 3 is 2.84 bits per heavy atom. The first-order valence-corrected chi connectivity index (χ1v) is 8.15. The largest absolute Gasteiger partial charge is 0.367 e. The van der Waals surface area contributed by atoms with E-state index in [1.165, 1.54) is 32.1 Å². The molecule has 1 aliphatic rings. The number of halogens is 1. The van der Waals surface area contributed by atoms with Gasteiger partial charge in [0.15, 0.2) is 0 Å². The van der Waals surface area contributed by atoms with Crippen molar-refractivity contribution in [3.05, 3.63) is 22.8 Å². The van der Waals surface area contributed by atoms with E-state index >= 15 is 0 Å². The van der Waals surface area contributed by atoms with E-state index in [4.69, 9.17) is 16.9 Å². The van der Waals surface area contributed by atoms with Crippen LogP contribution in [0, 0.1) is 11.3 Å². The topological polar surface area (TPSA) is 48.7 Å². The van der Waals surface area contributed by atoms with E-state index in [0.29, 0.717) is 16.4 Å². The Labute approximate surface area is 123 Å². The molecule has 102 valence electrons. The predicted octanol–water partition coefficient (Wildman–Crippen LogP) is 4.08. The van der Waals surface area contributed by atoms with Crippen LogP contribution in [0.3, 0.4) is 0 Å². The van der Waals surface area contributed by atoms with Gasteiger partial charge in [-0.1, -0.05) is 30.9 Å². The molecule has 5 heteroatoms. The summed E-state index contributed by atoms with van der Waals surface area (Å²) in [5.74, 6) is 0.625. The van der Waals surface area contributed by atoms with Crippen molar-refractivity contribution in [2.45, 2.75) is 36.9 Å². The smallest absolute Gasteiger partial charge is 0.146 e. The summed E-state index contributed by atoms with van der Waals surface area (Å²) in [5.41, 5.74) is 0.473. The highest BCUT2D eigenvalue weighted by Crippen LogP contribution is 2.39. The Morgan fingerprint density at radius 2 is 2.21 bits per heavy atom. The van der Waals surface area contributed by atoms with Gasteiger partial charge in [-0.2, -0.15) is 17.0 Å². The second-order valence-electron chi connectivity index (χ2n) is 4.93. The summed E-state index contributed by atoms with van der Waals surface area (Å²) in [6.07, 6.45) is 10.2. The third-order valence-corrected chi connectivity index (χ3v) is 5.59. The number of hydrogen-bond acceptors (Lipinski definition) is 4. The van der Waals surface area contributed by atoms with E-state index in [-0.39, 0.29) is 4.75 Å². The van der Waals surface area contributed by atoms with Crippen LogP contribution < -0.4 is 5.32 Å². The van der Waals surface area contributed by atoms with Crippen molar-refractivity contribution in [2.75, 3.05) is 18.1 Å². The van der Waals surface area contributed by atoms with Crippen molar-refractivity contribution < 1.29 is 0 Å². The number of thioether (sulfide) groups is 1. The van der Waals surface area contributed by atoms with Crippen molar-refractivity contribution in [1.29, 1.82) is 5.26 Å². The summed E-state index contributed by atoms with van der Waals surface area (Å²) in [6, 6.07) is 3.72. The zero-order chi connectivity index (χ0) is 13.7. The summed E-state index contributed by atoms with van der Waals surface area (Å²) < 4.78 is 0.284. The monoisotopic (exact) mass is 295 g/mol. The molecule has 19 heavy (non-hydrogen) atoms. The average Bonchev–Trinajstić information content (AvgIpc) is 2.47. The number of pyridine rings is 1. The van der Waals surface area contributed by atoms with Crippen molar-refractivity contribution >= 4 is 29.2 Å². The zero-order valence-corrected chi connectivity index (χ0v) is 12.7. The number of nitriles is 1. The third kappa shape index (κ3) is 3.34. The van der Waals surface area contributed by atoms with Gasteiger partial charge in [-0.25, -0.2) is 4.98 Å². The molecule has 0 atom stereocenters. The van der Waals surface area contributed by atoms with Crippen LogP contribution in [0.4, 0.5) is 5.82 Å². The number of nitrogens with zero attached hydrogens (tertiary/aromatic N) is 2. The molecule has 0 amide bonds. The highest BCUT2D eigenvalue weighted by Gasteiger charge is 2.31. The van der Waals surface area contributed by atoms with Gasteiger partial charge in [0, 0.05) is 17.5 Å². The van der Waals surface area contributed by atoms with Crippen LogP contribution in [0.2, 0.25) is 5.02 Å². The van der Waals surface area contributed by atoms with Crippen LogP contribution in [0.25, 0.3) is 0 Å². The first-order chi connectivity index (χ1) is 9.21. The van der Waals surface area contributed by atoms with Crippen LogP contribution in [-0.4, -0.2) is 22.5 Å². The van der Waals surface area contributed by atoms with Crippen molar-refractivity contribution in [3.63, 3.8) is 0 Å². The van der Waals surface area contributed by atoms with Crippen LogP contribution in [0.15, 0.2) is 12.3 Å². The van der Waals surface area contributed by atoms with Gasteiger partial charge in [-0.3, -0.25) is 0 Å². The van der Waals surface area contributed by atoms with Crippen molar-refractivity contribution in [2.24, 2.45) is 0 Å². The summed E-state index contributed by atoms with van der Waals surface area (Å²) >= 11 is 8.09. The van der Waals surface area contributed by atoms with E-state index in [0.717, 1.165) is 6.54 Å². The van der Waals surface area contributed by atoms with E-state index < -0.39 is 0 Å². The standard InChI is InChI=1S/C14H18ClN3S/c1-19-14(6-3-2-4-7-14)10-18-13-12(15)11(9-16)5-8-17-13/h5,8H,2-4,6-7,10H2,1H3,(H,17,18). The number of rotatable bonds is 4. The number of anilines is 1. The van der Waals surface area contributed by atoms with Crippen LogP contribution >= 0.6 is 23.4 Å². The average molecular weight is 296 g/mol. The first kappa shape index (κ1) is 14.5. The minimum atomic E-state index is 0.284. The van der Waals surface area contributed by atoms with Gasteiger partial charge >= 0.3 is 0 Å². The van der Waals surface area contributed by atoms with Gasteiger partial charge in [0.25, 0.3) is 0 Å². The molecule has 1 heterocycles. The van der Waals surface area contributed by atoms with Gasteiger partial charge in [-0.05, 0) is 25.2 Å². The summed E-state index contributed by atoms with van der Waals surface area (Å²) in [6.45, 7) is 0.857. The molecule has 1 N–H and O–H groups in total. The second kappa shape index (κ2) is 6.49. The maximum atomic E-state index is 8.96. The maximum absolute atomic E-state index is 8.96. The normalized spacial score (nSPS) is 17.7. The molecule has 0 saturated heterocycles. The minimum absolute atomic E-state index is 0.284. The van der Waals surface area contributed by atoms with Crippen LogP contribution in [0.5, 0.6) is 0 Å². The summed E-state index contributed by atoms with van der Waals surface area (Å²) in [4.78, 5) is 4.23. The molecular formula is C14H18ClN3S. The number of hydrogen-bond donors (Lipinski definition) is 1. The SMILES string of the molecule is CSC1(CNc2nccc(C#N)c2Cl)CCCCC1. The van der Waals surface area contributed by atoms with Crippen molar-refractivity contribution in [1.82, 2.24) is 4.98 Å². The van der Waals surface area contributed by atoms with Gasteiger partial charge in [-0.15, -0.1) is 0 Å². The highest BCUT2D eigenvalue weighted by atomic mass is 35.5. The Balaban J connectivity index is 2.07. The molecular weight excluding hydrogens is 278 g/mol. The number of aromatic nitrogens is 1. The summed E-state index contributed by atoms with van der Waals surface area (Å²) in [5, 5.41) is 12.7. The lowest BCUT2D eigenvalue weighted by atomic mass is 9.88. The van der Waals surface area contributed by atoms with Gasteiger partial charge in [0.1, 0.15) is 16.9 Å². The molecule has 0 aromatic carbocycles. The van der Waals surface area contributed by atoms with E-state index in [1.807, 2.05) is 11.8 Å². The van der Waals surface area contributed by atoms with E-state index in [1.54, 1.807) is 12.3 Å². The molecule has 1 aliphatic carbocycles. The molecule has 1 aromatic heterocycles.